The van der Waals surface area contributed by atoms with Crippen molar-refractivity contribution in [2.45, 2.75) is 0 Å². The molecule has 6 nitrogen and oxygen atoms in total. The highest BCUT2D eigenvalue weighted by Crippen LogP contribution is 2.45. The zero-order valence-electron chi connectivity index (χ0n) is 29.5. The number of benzene rings is 8. The molecule has 0 fully saturated rings. The zero-order chi connectivity index (χ0) is 36.2. The summed E-state index contributed by atoms with van der Waals surface area (Å²) in [6.45, 7) is -0.464. The monoisotopic (exact) mass is 714 g/mol. The number of ether oxygens (including phenoxy) is 4. The topological polar surface area (TPSA) is 62.7 Å². The van der Waals surface area contributed by atoms with Crippen molar-refractivity contribution in [3.8, 4) is 46.3 Å². The zero-order valence-corrected chi connectivity index (χ0v) is 29.5. The van der Waals surface area contributed by atoms with E-state index in [0.717, 1.165) is 98.9 Å². The van der Waals surface area contributed by atoms with E-state index in [1.54, 1.807) is 0 Å². The van der Waals surface area contributed by atoms with Crippen LogP contribution in [0.1, 0.15) is 0 Å². The third-order valence-corrected chi connectivity index (χ3v) is 12.3. The van der Waals surface area contributed by atoms with Gasteiger partial charge in [-0.2, -0.15) is 0 Å². The summed E-state index contributed by atoms with van der Waals surface area (Å²) in [7, 11) is 0. The molecule has 0 bridgehead atoms. The Bertz CT molecular complexity index is 3150. The Labute approximate surface area is 320 Å². The summed E-state index contributed by atoms with van der Waals surface area (Å²) in [5.41, 5.74) is 7.21. The predicted molar refractivity (Wildman–Crippen MR) is 225 cm³/mol. The first kappa shape index (κ1) is 29.1. The highest BCUT2D eigenvalue weighted by molar-refractivity contribution is 7.02. The highest BCUT2D eigenvalue weighted by Gasteiger charge is 2.48. The minimum atomic E-state index is -0.232. The van der Waals surface area contributed by atoms with E-state index in [1.807, 2.05) is 0 Å². The summed E-state index contributed by atoms with van der Waals surface area (Å²) in [6.07, 6.45) is 0. The SMILES string of the molecule is c1ccc2c3c(ccc2c1)Oc1nc2c4c5c(nc2c2c1B3c1c(ccc3ccccc13)O2)Oc1ccc2ccccc2c1B5c1c(ccc2ccccc12)O4. The number of nitrogens with zero attached hydrogens (tertiary/aromatic N) is 2. The molecular formula is C48H24B2N2O4. The van der Waals surface area contributed by atoms with Crippen LogP contribution in [0, 0.1) is 0 Å². The maximum Gasteiger partial charge on any atom is 0.264 e. The maximum absolute atomic E-state index is 7.07. The molecule has 0 saturated carbocycles. The van der Waals surface area contributed by atoms with Crippen LogP contribution in [0.15, 0.2) is 146 Å². The molecule has 8 heteroatoms. The molecule has 0 unspecified atom stereocenters. The summed E-state index contributed by atoms with van der Waals surface area (Å²) in [5, 5.41) is 9.08. The Hall–Kier alpha value is -7.31. The standard InChI is InChI=1S/C48H24B2N2O4/c1-5-13-29-25(9-1)17-21-33-37(29)49-39-31-15-7-3-11-27(31)19-23-35(39)55-47-41(49)45(53-33)43-44(51-47)46-42-48(52-43)56-36-24-20-28-12-4-8-16-32(28)40(36)50(42)38-30-14-6-2-10-26(30)18-22-34(38)54-46/h1-24H. The number of rotatable bonds is 0. The van der Waals surface area contributed by atoms with Crippen LogP contribution in [0.2, 0.25) is 0 Å². The van der Waals surface area contributed by atoms with Crippen LogP contribution in [-0.4, -0.2) is 23.4 Å². The molecule has 14 rings (SSSR count). The molecule has 256 valence electrons. The molecule has 6 heterocycles. The normalized spacial score (nSPS) is 13.9. The summed E-state index contributed by atoms with van der Waals surface area (Å²) >= 11 is 0. The van der Waals surface area contributed by atoms with Gasteiger partial charge in [-0.15, -0.1) is 0 Å². The summed E-state index contributed by atoms with van der Waals surface area (Å²) in [6, 6.07) is 50.8. The van der Waals surface area contributed by atoms with Gasteiger partial charge in [0.1, 0.15) is 34.0 Å². The van der Waals surface area contributed by atoms with Crippen molar-refractivity contribution in [1.82, 2.24) is 9.97 Å². The van der Waals surface area contributed by atoms with Gasteiger partial charge in [-0.05, 0) is 89.2 Å². The van der Waals surface area contributed by atoms with Crippen molar-refractivity contribution < 1.29 is 18.9 Å². The summed E-state index contributed by atoms with van der Waals surface area (Å²) in [4.78, 5) is 10.8. The van der Waals surface area contributed by atoms with Gasteiger partial charge in [-0.1, -0.05) is 121 Å². The van der Waals surface area contributed by atoms with Gasteiger partial charge in [0, 0.05) is 10.9 Å². The Morgan fingerprint density at radius 1 is 0.304 bits per heavy atom. The smallest absolute Gasteiger partial charge is 0.264 e. The Balaban J connectivity index is 1.11. The van der Waals surface area contributed by atoms with Gasteiger partial charge in [0.05, 0.1) is 0 Å². The molecule has 0 amide bonds. The minimum Gasteiger partial charge on any atom is -0.456 e. The Morgan fingerprint density at radius 2 is 0.607 bits per heavy atom. The summed E-state index contributed by atoms with van der Waals surface area (Å²) < 4.78 is 27.9. The van der Waals surface area contributed by atoms with E-state index in [1.165, 1.54) is 0 Å². The number of hydrogen-bond donors (Lipinski definition) is 0. The second-order valence-corrected chi connectivity index (χ2v) is 15.1. The molecular weight excluding hydrogens is 690 g/mol. The van der Waals surface area contributed by atoms with Crippen LogP contribution in [0.4, 0.5) is 0 Å². The third-order valence-electron chi connectivity index (χ3n) is 12.3. The lowest BCUT2D eigenvalue weighted by molar-refractivity contribution is 0.443. The van der Waals surface area contributed by atoms with Crippen molar-refractivity contribution >= 4 is 100 Å². The molecule has 2 aromatic heterocycles. The molecule has 56 heavy (non-hydrogen) atoms. The van der Waals surface area contributed by atoms with E-state index < -0.39 is 0 Å². The number of pyridine rings is 2. The van der Waals surface area contributed by atoms with E-state index in [0.29, 0.717) is 34.3 Å². The van der Waals surface area contributed by atoms with Gasteiger partial charge < -0.3 is 18.9 Å². The van der Waals surface area contributed by atoms with Gasteiger partial charge >= 0.3 is 0 Å². The lowest BCUT2D eigenvalue weighted by Gasteiger charge is -2.36. The van der Waals surface area contributed by atoms with Crippen molar-refractivity contribution in [1.29, 1.82) is 0 Å². The van der Waals surface area contributed by atoms with Gasteiger partial charge in [0.25, 0.3) is 13.4 Å². The second-order valence-electron chi connectivity index (χ2n) is 15.1. The van der Waals surface area contributed by atoms with E-state index >= 15 is 0 Å². The van der Waals surface area contributed by atoms with Crippen LogP contribution < -0.4 is 51.7 Å². The fraction of sp³-hybridized carbons (Fsp3) is 0. The van der Waals surface area contributed by atoms with E-state index in [9.17, 15) is 0 Å². The van der Waals surface area contributed by atoms with Crippen LogP contribution in [-0.2, 0) is 0 Å². The number of hydrogen-bond acceptors (Lipinski definition) is 6. The molecule has 10 aromatic rings. The quantitative estimate of drug-likeness (QED) is 0.150. The molecule has 0 radical (unpaired) electrons. The third kappa shape index (κ3) is 3.59. The molecule has 4 aliphatic heterocycles. The first-order chi connectivity index (χ1) is 27.8. The summed E-state index contributed by atoms with van der Waals surface area (Å²) in [5.74, 6) is 5.30. The molecule has 4 aliphatic rings. The van der Waals surface area contributed by atoms with Crippen LogP contribution in [0.3, 0.4) is 0 Å². The van der Waals surface area contributed by atoms with Gasteiger partial charge in [-0.3, -0.25) is 0 Å². The lowest BCUT2D eigenvalue weighted by atomic mass is 9.33. The first-order valence-corrected chi connectivity index (χ1v) is 19.0. The molecule has 0 atom stereocenters. The lowest BCUT2D eigenvalue weighted by Crippen LogP contribution is -2.59. The second kappa shape index (κ2) is 10.3. The average molecular weight is 714 g/mol. The fourth-order valence-corrected chi connectivity index (χ4v) is 10.0. The molecule has 0 saturated heterocycles. The van der Waals surface area contributed by atoms with Crippen LogP contribution in [0.25, 0.3) is 54.1 Å². The van der Waals surface area contributed by atoms with Crippen molar-refractivity contribution in [2.75, 3.05) is 0 Å². The minimum absolute atomic E-state index is 0.232. The van der Waals surface area contributed by atoms with Crippen molar-refractivity contribution in [3.63, 3.8) is 0 Å². The van der Waals surface area contributed by atoms with Gasteiger partial charge in [0.2, 0.25) is 11.8 Å². The molecule has 0 aliphatic carbocycles. The van der Waals surface area contributed by atoms with Crippen LogP contribution in [0.5, 0.6) is 46.3 Å². The Morgan fingerprint density at radius 3 is 0.946 bits per heavy atom. The van der Waals surface area contributed by atoms with Gasteiger partial charge in [-0.25, -0.2) is 9.97 Å². The number of aromatic nitrogens is 2. The largest absolute Gasteiger partial charge is 0.456 e. The van der Waals surface area contributed by atoms with E-state index in [4.69, 9.17) is 28.9 Å². The van der Waals surface area contributed by atoms with Crippen molar-refractivity contribution in [3.05, 3.63) is 146 Å². The highest BCUT2D eigenvalue weighted by atomic mass is 16.5. The maximum atomic E-state index is 7.07. The first-order valence-electron chi connectivity index (χ1n) is 19.0. The predicted octanol–water partition coefficient (Wildman–Crippen LogP) is 7.70. The molecule has 0 spiro atoms. The average Bonchev–Trinajstić information content (AvgIpc) is 3.25. The number of fused-ring (bicyclic) bond motifs is 19. The van der Waals surface area contributed by atoms with Crippen LogP contribution >= 0.6 is 0 Å². The van der Waals surface area contributed by atoms with Gasteiger partial charge in [0.15, 0.2) is 11.5 Å². The molecule has 8 aromatic carbocycles. The van der Waals surface area contributed by atoms with E-state index in [-0.39, 0.29) is 13.4 Å². The fourth-order valence-electron chi connectivity index (χ4n) is 10.0. The van der Waals surface area contributed by atoms with E-state index in [2.05, 4.69) is 146 Å². The van der Waals surface area contributed by atoms with Crippen molar-refractivity contribution in [2.24, 2.45) is 0 Å². The molecule has 0 N–H and O–H groups in total. The Kier molecular flexibility index (Phi) is 5.33.